The van der Waals surface area contributed by atoms with Gasteiger partial charge in [0.15, 0.2) is 0 Å². The van der Waals surface area contributed by atoms with Crippen LogP contribution in [0.3, 0.4) is 0 Å². The summed E-state index contributed by atoms with van der Waals surface area (Å²) < 4.78 is 0. The Morgan fingerprint density at radius 3 is 2.39 bits per heavy atom. The molecule has 0 aromatic heterocycles. The lowest BCUT2D eigenvalue weighted by atomic mass is 9.54. The summed E-state index contributed by atoms with van der Waals surface area (Å²) in [6.45, 7) is 4.51. The smallest absolute Gasteiger partial charge is 0.303 e. The number of unbranched alkanes of at least 4 members (excludes halogenated alkanes) is 2. The van der Waals surface area contributed by atoms with Crippen LogP contribution in [0, 0.1) is 23.2 Å². The summed E-state index contributed by atoms with van der Waals surface area (Å²) in [7, 11) is 0. The number of phenols is 1. The summed E-state index contributed by atoms with van der Waals surface area (Å²) in [5.41, 5.74) is 3.34. The summed E-state index contributed by atoms with van der Waals surface area (Å²) in [5.74, 6) is 2.15. The maximum Gasteiger partial charge on any atom is 0.303 e. The predicted molar refractivity (Wildman–Crippen MR) is 129 cm³/mol. The Bertz CT molecular complexity index is 819. The molecular formula is C28H42O5. The Kier molecular flexibility index (Phi) is 8.83. The normalized spacial score (nSPS) is 29.8. The average molecular weight is 459 g/mol. The molecule has 0 spiro atoms. The van der Waals surface area contributed by atoms with Crippen LogP contribution < -0.4 is 0 Å². The number of hydrogen-bond donors (Lipinski definition) is 3. The summed E-state index contributed by atoms with van der Waals surface area (Å²) in [5, 5.41) is 26.7. The minimum atomic E-state index is -0.693. The van der Waals surface area contributed by atoms with Crippen molar-refractivity contribution in [2.24, 2.45) is 23.2 Å². The van der Waals surface area contributed by atoms with Gasteiger partial charge in [0.05, 0.1) is 0 Å². The SMILES string of the molecule is CCCCC(=O)O.C[C@@]12CC[C@@H]3c4ccc(O)cc4CC[C@@H]3[C@@H]1CC[C@@H]2CCCCC(=O)O. The minimum Gasteiger partial charge on any atom is -0.508 e. The second-order valence-electron chi connectivity index (χ2n) is 10.8. The lowest BCUT2D eigenvalue weighted by molar-refractivity contribution is -0.138. The first-order valence-electron chi connectivity index (χ1n) is 13.0. The number of aliphatic carboxylic acids is 2. The molecule has 33 heavy (non-hydrogen) atoms. The van der Waals surface area contributed by atoms with Crippen molar-refractivity contribution in [1.82, 2.24) is 0 Å². The third kappa shape index (κ3) is 6.10. The number of aromatic hydroxyl groups is 1. The fraction of sp³-hybridized carbons (Fsp3) is 0.714. The highest BCUT2D eigenvalue weighted by atomic mass is 16.4. The second-order valence-corrected chi connectivity index (χ2v) is 10.8. The molecule has 5 atom stereocenters. The van der Waals surface area contributed by atoms with E-state index in [0.717, 1.165) is 49.9 Å². The molecule has 0 heterocycles. The van der Waals surface area contributed by atoms with Gasteiger partial charge in [-0.05, 0) is 110 Å². The van der Waals surface area contributed by atoms with Crippen molar-refractivity contribution in [2.45, 2.75) is 103 Å². The van der Waals surface area contributed by atoms with Gasteiger partial charge in [0.25, 0.3) is 0 Å². The molecule has 0 amide bonds. The van der Waals surface area contributed by atoms with Crippen LogP contribution >= 0.6 is 0 Å². The molecule has 0 aliphatic heterocycles. The van der Waals surface area contributed by atoms with Crippen molar-refractivity contribution in [3.05, 3.63) is 29.3 Å². The first-order valence-corrected chi connectivity index (χ1v) is 13.0. The average Bonchev–Trinajstić information content (AvgIpc) is 3.11. The van der Waals surface area contributed by atoms with E-state index in [1.807, 2.05) is 19.1 Å². The Morgan fingerprint density at radius 1 is 1.00 bits per heavy atom. The Hall–Kier alpha value is -2.04. The molecule has 0 saturated heterocycles. The molecule has 2 fully saturated rings. The number of rotatable bonds is 8. The molecule has 5 heteroatoms. The zero-order valence-electron chi connectivity index (χ0n) is 20.4. The molecule has 5 nitrogen and oxygen atoms in total. The molecular weight excluding hydrogens is 416 g/mol. The van der Waals surface area contributed by atoms with Gasteiger partial charge in [-0.1, -0.05) is 32.8 Å². The van der Waals surface area contributed by atoms with Gasteiger partial charge in [0.1, 0.15) is 5.75 Å². The van der Waals surface area contributed by atoms with E-state index in [1.54, 1.807) is 0 Å². The lowest BCUT2D eigenvalue weighted by Crippen LogP contribution is -2.42. The minimum absolute atomic E-state index is 0.316. The van der Waals surface area contributed by atoms with Crippen LogP contribution in [-0.4, -0.2) is 27.3 Å². The van der Waals surface area contributed by atoms with Crippen molar-refractivity contribution in [3.63, 3.8) is 0 Å². The number of hydrogen-bond acceptors (Lipinski definition) is 3. The van der Waals surface area contributed by atoms with Crippen LogP contribution in [0.4, 0.5) is 0 Å². The fourth-order valence-corrected chi connectivity index (χ4v) is 7.15. The van der Waals surface area contributed by atoms with Gasteiger partial charge in [0.2, 0.25) is 0 Å². The monoisotopic (exact) mass is 458 g/mol. The molecule has 0 bridgehead atoms. The van der Waals surface area contributed by atoms with Gasteiger partial charge in [-0.2, -0.15) is 0 Å². The van der Waals surface area contributed by atoms with Crippen LogP contribution in [0.15, 0.2) is 18.2 Å². The number of phenolic OH excluding ortho intramolecular Hbond substituents is 1. The molecule has 3 aliphatic rings. The third-order valence-corrected chi connectivity index (χ3v) is 8.84. The molecule has 2 saturated carbocycles. The van der Waals surface area contributed by atoms with Crippen LogP contribution in [0.2, 0.25) is 0 Å². The molecule has 1 aromatic carbocycles. The number of carboxylic acids is 2. The van der Waals surface area contributed by atoms with Crippen molar-refractivity contribution in [1.29, 1.82) is 0 Å². The first kappa shape index (κ1) is 25.6. The highest BCUT2D eigenvalue weighted by molar-refractivity contribution is 5.66. The molecule has 0 unspecified atom stereocenters. The zero-order valence-corrected chi connectivity index (χ0v) is 20.4. The summed E-state index contributed by atoms with van der Waals surface area (Å²) in [4.78, 5) is 20.5. The Labute approximate surface area is 198 Å². The number of fused-ring (bicyclic) bond motifs is 5. The summed E-state index contributed by atoms with van der Waals surface area (Å²) in [6.07, 6.45) is 13.2. The maximum absolute atomic E-state index is 10.7. The van der Waals surface area contributed by atoms with E-state index in [0.29, 0.717) is 29.9 Å². The van der Waals surface area contributed by atoms with E-state index in [9.17, 15) is 14.7 Å². The van der Waals surface area contributed by atoms with Gasteiger partial charge in [-0.3, -0.25) is 9.59 Å². The first-order chi connectivity index (χ1) is 15.8. The number of aryl methyl sites for hydroxylation is 1. The Balaban J connectivity index is 0.000000383. The van der Waals surface area contributed by atoms with Crippen LogP contribution in [0.1, 0.15) is 108 Å². The molecule has 3 N–H and O–H groups in total. The molecule has 3 aliphatic carbocycles. The van der Waals surface area contributed by atoms with Crippen molar-refractivity contribution >= 4 is 11.9 Å². The molecule has 1 aromatic rings. The zero-order chi connectivity index (χ0) is 24.0. The van der Waals surface area contributed by atoms with Gasteiger partial charge in [0, 0.05) is 12.8 Å². The summed E-state index contributed by atoms with van der Waals surface area (Å²) >= 11 is 0. The molecule has 4 rings (SSSR count). The van der Waals surface area contributed by atoms with Gasteiger partial charge in [-0.15, -0.1) is 0 Å². The largest absolute Gasteiger partial charge is 0.508 e. The van der Waals surface area contributed by atoms with Crippen molar-refractivity contribution in [2.75, 3.05) is 0 Å². The van der Waals surface area contributed by atoms with E-state index in [2.05, 4.69) is 13.0 Å². The maximum atomic E-state index is 10.7. The van der Waals surface area contributed by atoms with Crippen LogP contribution in [-0.2, 0) is 16.0 Å². The number of carboxylic acid groups (broad SMARTS) is 2. The van der Waals surface area contributed by atoms with Crippen LogP contribution in [0.5, 0.6) is 5.75 Å². The molecule has 184 valence electrons. The van der Waals surface area contributed by atoms with E-state index in [4.69, 9.17) is 10.2 Å². The van der Waals surface area contributed by atoms with Gasteiger partial charge in [-0.25, -0.2) is 0 Å². The third-order valence-electron chi connectivity index (χ3n) is 8.84. The lowest BCUT2D eigenvalue weighted by Gasteiger charge is -2.51. The van der Waals surface area contributed by atoms with Gasteiger partial charge >= 0.3 is 11.9 Å². The predicted octanol–water partition coefficient (Wildman–Crippen LogP) is 6.77. The van der Waals surface area contributed by atoms with E-state index >= 15 is 0 Å². The highest BCUT2D eigenvalue weighted by Gasteiger charge is 2.54. The number of carbonyl (C=O) groups is 2. The Morgan fingerprint density at radius 2 is 1.73 bits per heavy atom. The summed E-state index contributed by atoms with van der Waals surface area (Å²) in [6, 6.07) is 6.04. The fourth-order valence-electron chi connectivity index (χ4n) is 7.15. The van der Waals surface area contributed by atoms with Crippen LogP contribution in [0.25, 0.3) is 0 Å². The topological polar surface area (TPSA) is 94.8 Å². The quantitative estimate of drug-likeness (QED) is 0.374. The second kappa shape index (κ2) is 11.4. The molecule has 0 radical (unpaired) electrons. The highest BCUT2D eigenvalue weighted by Crippen LogP contribution is 2.63. The van der Waals surface area contributed by atoms with E-state index < -0.39 is 11.9 Å². The number of benzene rings is 1. The van der Waals surface area contributed by atoms with Crippen molar-refractivity contribution < 1.29 is 24.9 Å². The van der Waals surface area contributed by atoms with Crippen molar-refractivity contribution in [3.8, 4) is 5.75 Å². The standard InChI is InChI=1S/C23H32O3.C5H10O2/c1-23-13-12-19-18-10-8-17(24)14-15(18)6-9-20(19)21(23)11-7-16(23)4-2-3-5-22(25)26;1-2-3-4-5(6)7/h8,10,14,16,19-21,24H,2-7,9,11-13H2,1H3,(H,25,26);2-4H2,1H3,(H,6,7)/t16-,19+,20-,21-,23-;/m0./s1. The van der Waals surface area contributed by atoms with E-state index in [-0.39, 0.29) is 0 Å². The van der Waals surface area contributed by atoms with Gasteiger partial charge < -0.3 is 15.3 Å². The van der Waals surface area contributed by atoms with E-state index in [1.165, 1.54) is 49.7 Å².